The molecule has 0 saturated heterocycles. The van der Waals surface area contributed by atoms with E-state index < -0.39 is 0 Å². The normalized spacial score (nSPS) is 11.1. The molecule has 0 amide bonds. The zero-order valence-electron chi connectivity index (χ0n) is 11.1. The van der Waals surface area contributed by atoms with Gasteiger partial charge in [-0.1, -0.05) is 19.1 Å². The van der Waals surface area contributed by atoms with Gasteiger partial charge in [-0.15, -0.1) is 11.3 Å². The van der Waals surface area contributed by atoms with Crippen molar-refractivity contribution in [2.24, 2.45) is 0 Å². The maximum absolute atomic E-state index is 5.84. The minimum Gasteiger partial charge on any atom is -0.399 e. The van der Waals surface area contributed by atoms with E-state index in [1.165, 1.54) is 14.2 Å². The Kier molecular flexibility index (Phi) is 5.43. The first-order valence-electron chi connectivity index (χ1n) is 6.48. The molecule has 2 rings (SSSR count). The highest BCUT2D eigenvalue weighted by Gasteiger charge is 2.08. The zero-order valence-corrected chi connectivity index (χ0v) is 13.5. The van der Waals surface area contributed by atoms with E-state index in [-0.39, 0.29) is 0 Å². The van der Waals surface area contributed by atoms with Gasteiger partial charge < -0.3 is 5.73 Å². The number of benzene rings is 1. The first-order valence-corrected chi connectivity index (χ1v) is 8.09. The molecule has 0 radical (unpaired) electrons. The molecule has 0 saturated carbocycles. The number of nitrogens with zero attached hydrogens (tertiary/aromatic N) is 1. The van der Waals surface area contributed by atoms with Gasteiger partial charge in [-0.2, -0.15) is 0 Å². The van der Waals surface area contributed by atoms with Gasteiger partial charge in [0.15, 0.2) is 0 Å². The molecule has 2 aromatic rings. The molecule has 0 unspecified atom stereocenters. The zero-order chi connectivity index (χ0) is 13.7. The number of thiophene rings is 1. The molecule has 1 aromatic carbocycles. The highest BCUT2D eigenvalue weighted by molar-refractivity contribution is 9.11. The highest BCUT2D eigenvalue weighted by Crippen LogP contribution is 2.24. The Morgan fingerprint density at radius 3 is 2.68 bits per heavy atom. The minimum absolute atomic E-state index is 0.841. The standard InChI is InChI=1S/C15H19BrN2S/c1-2-8-18(11-14-6-7-15(16)19-14)10-12-4-3-5-13(17)9-12/h3-7,9H,2,8,10-11,17H2,1H3. The second-order valence-corrected chi connectivity index (χ2v) is 7.21. The SMILES string of the molecule is CCCN(Cc1cccc(N)c1)Cc1ccc(Br)s1. The predicted molar refractivity (Wildman–Crippen MR) is 87.3 cm³/mol. The molecule has 1 heterocycles. The van der Waals surface area contributed by atoms with Gasteiger partial charge in [0.05, 0.1) is 3.79 Å². The van der Waals surface area contributed by atoms with Crippen LogP contribution in [0.1, 0.15) is 23.8 Å². The van der Waals surface area contributed by atoms with Crippen molar-refractivity contribution in [2.75, 3.05) is 12.3 Å². The van der Waals surface area contributed by atoms with Gasteiger partial charge >= 0.3 is 0 Å². The summed E-state index contributed by atoms with van der Waals surface area (Å²) in [5, 5.41) is 0. The maximum Gasteiger partial charge on any atom is 0.0701 e. The van der Waals surface area contributed by atoms with E-state index in [4.69, 9.17) is 5.73 Å². The van der Waals surface area contributed by atoms with Gasteiger partial charge in [-0.25, -0.2) is 0 Å². The van der Waals surface area contributed by atoms with Crippen molar-refractivity contribution in [2.45, 2.75) is 26.4 Å². The lowest BCUT2D eigenvalue weighted by Crippen LogP contribution is -2.23. The quantitative estimate of drug-likeness (QED) is 0.785. The van der Waals surface area contributed by atoms with Crippen LogP contribution in [0, 0.1) is 0 Å². The average Bonchev–Trinajstić information content (AvgIpc) is 2.75. The third kappa shape index (κ3) is 4.64. The molecule has 0 fully saturated rings. The number of rotatable bonds is 6. The summed E-state index contributed by atoms with van der Waals surface area (Å²) < 4.78 is 1.20. The molecular formula is C15H19BrN2S. The number of halogens is 1. The molecule has 4 heteroatoms. The molecule has 0 aliphatic rings. The maximum atomic E-state index is 5.84. The lowest BCUT2D eigenvalue weighted by Gasteiger charge is -2.21. The fraction of sp³-hybridized carbons (Fsp3) is 0.333. The second-order valence-electron chi connectivity index (χ2n) is 4.66. The average molecular weight is 339 g/mol. The summed E-state index contributed by atoms with van der Waals surface area (Å²) in [6.07, 6.45) is 1.16. The van der Waals surface area contributed by atoms with Gasteiger partial charge in [0.1, 0.15) is 0 Å². The fourth-order valence-electron chi connectivity index (χ4n) is 2.14. The largest absolute Gasteiger partial charge is 0.399 e. The van der Waals surface area contributed by atoms with Crippen molar-refractivity contribution in [3.8, 4) is 0 Å². The van der Waals surface area contributed by atoms with E-state index in [1.807, 2.05) is 12.1 Å². The second kappa shape index (κ2) is 7.08. The topological polar surface area (TPSA) is 29.3 Å². The third-order valence-electron chi connectivity index (χ3n) is 2.91. The van der Waals surface area contributed by atoms with Crippen LogP contribution >= 0.6 is 27.3 Å². The van der Waals surface area contributed by atoms with Crippen molar-refractivity contribution in [1.82, 2.24) is 4.90 Å². The van der Waals surface area contributed by atoms with Crippen LogP contribution in [0.4, 0.5) is 5.69 Å². The van der Waals surface area contributed by atoms with Crippen LogP contribution in [0.5, 0.6) is 0 Å². The molecule has 2 nitrogen and oxygen atoms in total. The summed E-state index contributed by atoms with van der Waals surface area (Å²) in [5.41, 5.74) is 7.96. The Hall–Kier alpha value is -0.840. The number of anilines is 1. The predicted octanol–water partition coefficient (Wildman–Crippen LogP) is 4.51. The fourth-order valence-corrected chi connectivity index (χ4v) is 3.66. The summed E-state index contributed by atoms with van der Waals surface area (Å²) in [7, 11) is 0. The first kappa shape index (κ1) is 14.6. The van der Waals surface area contributed by atoms with Gasteiger partial charge in [0, 0.05) is 23.7 Å². The lowest BCUT2D eigenvalue weighted by molar-refractivity contribution is 0.259. The van der Waals surface area contributed by atoms with E-state index in [9.17, 15) is 0 Å². The van der Waals surface area contributed by atoms with Crippen LogP contribution in [0.15, 0.2) is 40.2 Å². The molecule has 0 aliphatic carbocycles. The van der Waals surface area contributed by atoms with Gasteiger partial charge in [-0.05, 0) is 58.7 Å². The van der Waals surface area contributed by atoms with E-state index in [2.05, 4.69) is 52.0 Å². The number of nitrogens with two attached hydrogens (primary N) is 1. The summed E-state index contributed by atoms with van der Waals surface area (Å²) in [4.78, 5) is 3.86. The van der Waals surface area contributed by atoms with Crippen LogP contribution in [-0.4, -0.2) is 11.4 Å². The van der Waals surface area contributed by atoms with Gasteiger partial charge in [0.2, 0.25) is 0 Å². The van der Waals surface area contributed by atoms with E-state index in [0.29, 0.717) is 0 Å². The Balaban J connectivity index is 2.03. The number of hydrogen-bond donors (Lipinski definition) is 1. The first-order chi connectivity index (χ1) is 9.17. The third-order valence-corrected chi connectivity index (χ3v) is 4.51. The summed E-state index contributed by atoms with van der Waals surface area (Å²) in [5.74, 6) is 0. The van der Waals surface area contributed by atoms with Crippen molar-refractivity contribution in [3.63, 3.8) is 0 Å². The molecule has 19 heavy (non-hydrogen) atoms. The van der Waals surface area contributed by atoms with Crippen molar-refractivity contribution in [3.05, 3.63) is 50.6 Å². The van der Waals surface area contributed by atoms with Crippen LogP contribution in [0.3, 0.4) is 0 Å². The van der Waals surface area contributed by atoms with E-state index in [0.717, 1.165) is 31.7 Å². The monoisotopic (exact) mass is 338 g/mol. The molecule has 2 N–H and O–H groups in total. The van der Waals surface area contributed by atoms with Crippen LogP contribution in [0.25, 0.3) is 0 Å². The molecular weight excluding hydrogens is 320 g/mol. The molecule has 0 spiro atoms. The summed E-state index contributed by atoms with van der Waals surface area (Å²) in [6, 6.07) is 12.5. The Morgan fingerprint density at radius 1 is 1.21 bits per heavy atom. The van der Waals surface area contributed by atoms with Crippen molar-refractivity contribution in [1.29, 1.82) is 0 Å². The van der Waals surface area contributed by atoms with Gasteiger partial charge in [-0.3, -0.25) is 4.90 Å². The smallest absolute Gasteiger partial charge is 0.0701 e. The summed E-state index contributed by atoms with van der Waals surface area (Å²) >= 11 is 5.33. The molecule has 0 bridgehead atoms. The molecule has 1 aromatic heterocycles. The Morgan fingerprint density at radius 2 is 2.05 bits per heavy atom. The molecule has 0 aliphatic heterocycles. The summed E-state index contributed by atoms with van der Waals surface area (Å²) in [6.45, 7) is 5.27. The number of hydrogen-bond acceptors (Lipinski definition) is 3. The Labute approximate surface area is 127 Å². The minimum atomic E-state index is 0.841. The van der Waals surface area contributed by atoms with Crippen LogP contribution < -0.4 is 5.73 Å². The van der Waals surface area contributed by atoms with Crippen molar-refractivity contribution < 1.29 is 0 Å². The molecule has 102 valence electrons. The van der Waals surface area contributed by atoms with E-state index >= 15 is 0 Å². The van der Waals surface area contributed by atoms with Crippen molar-refractivity contribution >= 4 is 33.0 Å². The van der Waals surface area contributed by atoms with Crippen LogP contribution in [-0.2, 0) is 13.1 Å². The lowest BCUT2D eigenvalue weighted by atomic mass is 10.2. The van der Waals surface area contributed by atoms with E-state index in [1.54, 1.807) is 11.3 Å². The Bertz CT molecular complexity index is 524. The van der Waals surface area contributed by atoms with Crippen LogP contribution in [0.2, 0.25) is 0 Å². The molecule has 0 atom stereocenters. The van der Waals surface area contributed by atoms with Gasteiger partial charge in [0.25, 0.3) is 0 Å². The highest BCUT2D eigenvalue weighted by atomic mass is 79.9. The number of nitrogen functional groups attached to an aromatic ring is 1.